The zero-order valence-electron chi connectivity index (χ0n) is 11.4. The average molecular weight is 269 g/mol. The van der Waals surface area contributed by atoms with Gasteiger partial charge in [-0.25, -0.2) is 4.79 Å². The van der Waals surface area contributed by atoms with E-state index in [4.69, 9.17) is 4.84 Å². The fourth-order valence-corrected chi connectivity index (χ4v) is 2.65. The van der Waals surface area contributed by atoms with E-state index in [1.165, 1.54) is 0 Å². The van der Waals surface area contributed by atoms with Gasteiger partial charge in [-0.2, -0.15) is 4.73 Å². The lowest BCUT2D eigenvalue weighted by atomic mass is 10.0. The van der Waals surface area contributed by atoms with Crippen LogP contribution in [0.25, 0.3) is 21.8 Å². The smallest absolute Gasteiger partial charge is 0.336 e. The minimum absolute atomic E-state index is 0.306. The molecule has 0 aliphatic rings. The van der Waals surface area contributed by atoms with Gasteiger partial charge in [0.1, 0.15) is 6.61 Å². The lowest BCUT2D eigenvalue weighted by Gasteiger charge is -2.09. The molecule has 3 aromatic rings. The van der Waals surface area contributed by atoms with Crippen molar-refractivity contribution in [3.05, 3.63) is 47.5 Å². The molecule has 0 saturated heterocycles. The van der Waals surface area contributed by atoms with Crippen LogP contribution in [0.2, 0.25) is 0 Å². The molecule has 1 N–H and O–H groups in total. The lowest BCUT2D eigenvalue weighted by molar-refractivity contribution is 0.0699. The SMILES string of the molecule is CCOn1c2ccccc2c2c(C(=O)O)ccc(C)c21. The number of nitrogens with zero attached hydrogens (tertiary/aromatic N) is 1. The van der Waals surface area contributed by atoms with Crippen molar-refractivity contribution in [2.24, 2.45) is 0 Å². The van der Waals surface area contributed by atoms with E-state index in [0.717, 1.165) is 27.4 Å². The Labute approximate surface area is 116 Å². The molecule has 3 rings (SSSR count). The number of hydrogen-bond donors (Lipinski definition) is 1. The van der Waals surface area contributed by atoms with Crippen LogP contribution in [0, 0.1) is 6.92 Å². The Hall–Kier alpha value is -2.49. The molecule has 0 spiro atoms. The minimum Gasteiger partial charge on any atom is -0.478 e. The van der Waals surface area contributed by atoms with Gasteiger partial charge in [0, 0.05) is 10.8 Å². The number of aromatic nitrogens is 1. The molecule has 1 heterocycles. The third-order valence-corrected chi connectivity index (χ3v) is 3.46. The first kappa shape index (κ1) is 12.5. The molecular weight excluding hydrogens is 254 g/mol. The Morgan fingerprint density at radius 2 is 2.00 bits per heavy atom. The topological polar surface area (TPSA) is 51.5 Å². The Morgan fingerprint density at radius 3 is 2.70 bits per heavy atom. The summed E-state index contributed by atoms with van der Waals surface area (Å²) < 4.78 is 1.74. The number of hydrogen-bond acceptors (Lipinski definition) is 2. The second kappa shape index (κ2) is 4.56. The zero-order valence-corrected chi connectivity index (χ0v) is 11.4. The van der Waals surface area contributed by atoms with Gasteiger partial charge in [0.05, 0.1) is 16.6 Å². The quantitative estimate of drug-likeness (QED) is 0.794. The monoisotopic (exact) mass is 269 g/mol. The zero-order chi connectivity index (χ0) is 14.3. The van der Waals surface area contributed by atoms with Gasteiger partial charge < -0.3 is 9.94 Å². The van der Waals surface area contributed by atoms with Crippen LogP contribution in [0.5, 0.6) is 0 Å². The predicted molar refractivity (Wildman–Crippen MR) is 78.3 cm³/mol. The van der Waals surface area contributed by atoms with Crippen LogP contribution >= 0.6 is 0 Å². The van der Waals surface area contributed by atoms with Gasteiger partial charge in [-0.3, -0.25) is 0 Å². The summed E-state index contributed by atoms with van der Waals surface area (Å²) in [6.45, 7) is 4.39. The first-order valence-electron chi connectivity index (χ1n) is 6.54. The fraction of sp³-hybridized carbons (Fsp3) is 0.188. The number of benzene rings is 2. The molecule has 0 bridgehead atoms. The maximum atomic E-state index is 11.5. The average Bonchev–Trinajstić information content (AvgIpc) is 2.76. The van der Waals surface area contributed by atoms with Crippen LogP contribution in [0.1, 0.15) is 22.8 Å². The van der Waals surface area contributed by atoms with E-state index in [9.17, 15) is 9.90 Å². The van der Waals surface area contributed by atoms with Gasteiger partial charge in [-0.1, -0.05) is 24.3 Å². The van der Waals surface area contributed by atoms with Crippen LogP contribution < -0.4 is 4.84 Å². The van der Waals surface area contributed by atoms with Gasteiger partial charge in [0.25, 0.3) is 0 Å². The Morgan fingerprint density at radius 1 is 1.25 bits per heavy atom. The van der Waals surface area contributed by atoms with Gasteiger partial charge in [-0.05, 0) is 31.5 Å². The van der Waals surface area contributed by atoms with Crippen LogP contribution in [-0.2, 0) is 0 Å². The molecule has 20 heavy (non-hydrogen) atoms. The van der Waals surface area contributed by atoms with Gasteiger partial charge in [-0.15, -0.1) is 0 Å². The van der Waals surface area contributed by atoms with Crippen molar-refractivity contribution in [2.75, 3.05) is 6.61 Å². The molecule has 4 nitrogen and oxygen atoms in total. The Kier molecular flexibility index (Phi) is 2.86. The molecule has 0 fully saturated rings. The number of rotatable bonds is 3. The minimum atomic E-state index is -0.922. The van der Waals surface area contributed by atoms with Crippen LogP contribution in [-0.4, -0.2) is 22.4 Å². The molecule has 0 aliphatic carbocycles. The van der Waals surface area contributed by atoms with Crippen molar-refractivity contribution in [2.45, 2.75) is 13.8 Å². The molecule has 1 aromatic heterocycles. The van der Waals surface area contributed by atoms with E-state index in [-0.39, 0.29) is 0 Å². The fourth-order valence-electron chi connectivity index (χ4n) is 2.65. The highest BCUT2D eigenvalue weighted by atomic mass is 16.7. The van der Waals surface area contributed by atoms with E-state index < -0.39 is 5.97 Å². The highest BCUT2D eigenvalue weighted by Gasteiger charge is 2.19. The first-order valence-corrected chi connectivity index (χ1v) is 6.54. The van der Waals surface area contributed by atoms with Crippen molar-refractivity contribution in [1.29, 1.82) is 0 Å². The summed E-state index contributed by atoms with van der Waals surface area (Å²) in [5, 5.41) is 11.1. The summed E-state index contributed by atoms with van der Waals surface area (Å²) in [6, 6.07) is 11.2. The highest BCUT2D eigenvalue weighted by Crippen LogP contribution is 2.33. The van der Waals surface area contributed by atoms with Crippen molar-refractivity contribution < 1.29 is 14.7 Å². The molecule has 2 aromatic carbocycles. The summed E-state index contributed by atoms with van der Waals surface area (Å²) >= 11 is 0. The normalized spacial score (nSPS) is 11.1. The number of aryl methyl sites for hydroxylation is 1. The van der Waals surface area contributed by atoms with E-state index in [1.807, 2.05) is 44.2 Å². The summed E-state index contributed by atoms with van der Waals surface area (Å²) in [4.78, 5) is 17.2. The number of carboxylic acids is 1. The Balaban J connectivity index is 2.58. The molecule has 0 atom stereocenters. The van der Waals surface area contributed by atoms with E-state index >= 15 is 0 Å². The molecule has 0 unspecified atom stereocenters. The molecule has 102 valence electrons. The molecule has 0 amide bonds. The third-order valence-electron chi connectivity index (χ3n) is 3.46. The summed E-state index contributed by atoms with van der Waals surface area (Å²) in [5.74, 6) is -0.922. The van der Waals surface area contributed by atoms with Gasteiger partial charge in [0.15, 0.2) is 0 Å². The second-order valence-electron chi connectivity index (χ2n) is 4.69. The van der Waals surface area contributed by atoms with Gasteiger partial charge in [0.2, 0.25) is 0 Å². The number of carbonyl (C=O) groups is 1. The maximum absolute atomic E-state index is 11.5. The molecule has 4 heteroatoms. The predicted octanol–water partition coefficient (Wildman–Crippen LogP) is 3.25. The summed E-state index contributed by atoms with van der Waals surface area (Å²) in [5.41, 5.74) is 3.02. The number of aromatic carboxylic acids is 1. The second-order valence-corrected chi connectivity index (χ2v) is 4.69. The third kappa shape index (κ3) is 1.65. The molecule has 0 saturated carbocycles. The van der Waals surface area contributed by atoms with Crippen molar-refractivity contribution in [3.63, 3.8) is 0 Å². The van der Waals surface area contributed by atoms with Crippen LogP contribution in [0.3, 0.4) is 0 Å². The van der Waals surface area contributed by atoms with Crippen LogP contribution in [0.4, 0.5) is 0 Å². The molecular formula is C16H15NO3. The van der Waals surface area contributed by atoms with Crippen molar-refractivity contribution >= 4 is 27.8 Å². The standard InChI is InChI=1S/C16H15NO3/c1-3-20-17-13-7-5-4-6-11(13)14-12(16(18)19)9-8-10(2)15(14)17/h4-9H,3H2,1-2H3,(H,18,19). The largest absolute Gasteiger partial charge is 0.478 e. The number of para-hydroxylation sites is 1. The van der Waals surface area contributed by atoms with Crippen molar-refractivity contribution in [1.82, 2.24) is 4.73 Å². The summed E-state index contributed by atoms with van der Waals surface area (Å²) in [7, 11) is 0. The number of fused-ring (bicyclic) bond motifs is 3. The van der Waals surface area contributed by atoms with Crippen LogP contribution in [0.15, 0.2) is 36.4 Å². The molecule has 0 aliphatic heterocycles. The van der Waals surface area contributed by atoms with E-state index in [2.05, 4.69) is 0 Å². The Bertz CT molecular complexity index is 817. The maximum Gasteiger partial charge on any atom is 0.336 e. The summed E-state index contributed by atoms with van der Waals surface area (Å²) in [6.07, 6.45) is 0. The lowest BCUT2D eigenvalue weighted by Crippen LogP contribution is -2.10. The molecule has 0 radical (unpaired) electrons. The highest BCUT2D eigenvalue weighted by molar-refractivity contribution is 6.17. The van der Waals surface area contributed by atoms with E-state index in [0.29, 0.717) is 12.2 Å². The van der Waals surface area contributed by atoms with Gasteiger partial charge >= 0.3 is 5.97 Å². The number of carboxylic acid groups (broad SMARTS) is 1. The first-order chi connectivity index (χ1) is 9.65. The van der Waals surface area contributed by atoms with E-state index in [1.54, 1.807) is 10.8 Å². The van der Waals surface area contributed by atoms with Crippen molar-refractivity contribution in [3.8, 4) is 0 Å².